The summed E-state index contributed by atoms with van der Waals surface area (Å²) < 4.78 is 30.7. The molecule has 3 atom stereocenters. The summed E-state index contributed by atoms with van der Waals surface area (Å²) in [5.41, 5.74) is 1.83. The van der Waals surface area contributed by atoms with Crippen molar-refractivity contribution in [3.8, 4) is 11.1 Å². The molecule has 0 bridgehead atoms. The van der Waals surface area contributed by atoms with E-state index in [4.69, 9.17) is 0 Å². The zero-order valence-electron chi connectivity index (χ0n) is 15.2. The Morgan fingerprint density at radius 3 is 2.22 bits per heavy atom. The molecular weight excluding hydrogens is 417 g/mol. The normalized spacial score (nSPS) is 23.0. The molecule has 0 radical (unpaired) electrons. The van der Waals surface area contributed by atoms with Gasteiger partial charge in [0, 0.05) is 30.4 Å². The van der Waals surface area contributed by atoms with Gasteiger partial charge in [0.15, 0.2) is 11.6 Å². The van der Waals surface area contributed by atoms with Crippen LogP contribution in [0.15, 0.2) is 18.3 Å². The van der Waals surface area contributed by atoms with Gasteiger partial charge >= 0.3 is 0 Å². The number of aromatic nitrogens is 2. The number of nitrogens with zero attached hydrogens (tertiary/aromatic N) is 2. The fourth-order valence-corrected chi connectivity index (χ4v) is 4.24. The molecular formula is C18H25Cl3F2N4. The second-order valence-corrected chi connectivity index (χ2v) is 7.08. The van der Waals surface area contributed by atoms with E-state index in [9.17, 15) is 8.78 Å². The molecule has 1 saturated carbocycles. The van der Waals surface area contributed by atoms with Crippen LogP contribution in [-0.4, -0.2) is 28.9 Å². The molecule has 2 fully saturated rings. The van der Waals surface area contributed by atoms with Gasteiger partial charge in [-0.2, -0.15) is 5.10 Å². The molecule has 2 aromatic rings. The molecule has 152 valence electrons. The first kappa shape index (κ1) is 24.0. The lowest BCUT2D eigenvalue weighted by atomic mass is 10.0. The molecule has 2 N–H and O–H groups in total. The number of hydrogen-bond donors (Lipinski definition) is 2. The SMILES string of the molecule is Cc1nn(C)cc1-c1ccc(N[C@H]2C[C@H]3CNC[C@H]3C2)c(F)c1F.Cl.Cl.Cl. The third-order valence-electron chi connectivity index (χ3n) is 5.40. The molecule has 1 aromatic carbocycles. The largest absolute Gasteiger partial charge is 0.380 e. The summed E-state index contributed by atoms with van der Waals surface area (Å²) in [4.78, 5) is 0. The standard InChI is InChI=1S/C18H22F2N4.3ClH/c1-10-15(9-24(2)23-10)14-3-4-16(18(20)17(14)19)22-13-5-11-7-21-8-12(11)6-13;;;/h3-4,9,11-13,21-22H,5-8H2,1-2H3;3*1H/t11-,12+,13-;;;. The molecule has 1 aromatic heterocycles. The average molecular weight is 442 g/mol. The predicted octanol–water partition coefficient (Wildman–Crippen LogP) is 4.35. The first-order chi connectivity index (χ1) is 11.5. The molecule has 9 heteroatoms. The molecule has 1 aliphatic carbocycles. The van der Waals surface area contributed by atoms with Gasteiger partial charge in [-0.15, -0.1) is 37.2 Å². The van der Waals surface area contributed by atoms with E-state index >= 15 is 0 Å². The van der Waals surface area contributed by atoms with Gasteiger partial charge in [-0.1, -0.05) is 0 Å². The van der Waals surface area contributed by atoms with Crippen LogP contribution in [0.3, 0.4) is 0 Å². The fourth-order valence-electron chi connectivity index (χ4n) is 4.24. The van der Waals surface area contributed by atoms with Crippen molar-refractivity contribution in [1.29, 1.82) is 0 Å². The van der Waals surface area contributed by atoms with Crippen molar-refractivity contribution >= 4 is 42.9 Å². The average Bonchev–Trinajstić information content (AvgIpc) is 3.19. The molecule has 4 rings (SSSR count). The van der Waals surface area contributed by atoms with Gasteiger partial charge in [-0.05, 0) is 56.8 Å². The van der Waals surface area contributed by atoms with Crippen LogP contribution < -0.4 is 10.6 Å². The Balaban J connectivity index is 0.00000121. The Morgan fingerprint density at radius 1 is 1.04 bits per heavy atom. The van der Waals surface area contributed by atoms with Crippen LogP contribution in [0.4, 0.5) is 14.5 Å². The zero-order valence-corrected chi connectivity index (χ0v) is 17.6. The van der Waals surface area contributed by atoms with Crippen LogP contribution in [0.25, 0.3) is 11.1 Å². The van der Waals surface area contributed by atoms with Crippen LogP contribution in [0.5, 0.6) is 0 Å². The molecule has 0 spiro atoms. The van der Waals surface area contributed by atoms with Crippen molar-refractivity contribution in [1.82, 2.24) is 15.1 Å². The van der Waals surface area contributed by atoms with Crippen molar-refractivity contribution in [2.45, 2.75) is 25.8 Å². The van der Waals surface area contributed by atoms with Gasteiger partial charge in [0.25, 0.3) is 0 Å². The summed E-state index contributed by atoms with van der Waals surface area (Å²) in [6.07, 6.45) is 3.75. The maximum atomic E-state index is 14.6. The van der Waals surface area contributed by atoms with Crippen LogP contribution in [0.1, 0.15) is 18.5 Å². The van der Waals surface area contributed by atoms with Gasteiger partial charge in [-0.25, -0.2) is 8.78 Å². The minimum absolute atomic E-state index is 0. The number of halogens is 5. The number of rotatable bonds is 3. The number of fused-ring (bicyclic) bond motifs is 1. The third-order valence-corrected chi connectivity index (χ3v) is 5.40. The predicted molar refractivity (Wildman–Crippen MR) is 112 cm³/mol. The molecule has 4 nitrogen and oxygen atoms in total. The molecule has 0 unspecified atom stereocenters. The summed E-state index contributed by atoms with van der Waals surface area (Å²) in [6, 6.07) is 3.51. The third kappa shape index (κ3) is 4.50. The van der Waals surface area contributed by atoms with Gasteiger partial charge in [0.1, 0.15) is 0 Å². The highest BCUT2D eigenvalue weighted by molar-refractivity contribution is 5.86. The summed E-state index contributed by atoms with van der Waals surface area (Å²) in [7, 11) is 1.77. The van der Waals surface area contributed by atoms with Crippen LogP contribution in [0.2, 0.25) is 0 Å². The quantitative estimate of drug-likeness (QED) is 0.744. The lowest BCUT2D eigenvalue weighted by Crippen LogP contribution is -2.21. The van der Waals surface area contributed by atoms with E-state index in [0.29, 0.717) is 23.1 Å². The minimum atomic E-state index is -0.809. The van der Waals surface area contributed by atoms with E-state index in [1.54, 1.807) is 37.0 Å². The number of hydrogen-bond acceptors (Lipinski definition) is 3. The maximum Gasteiger partial charge on any atom is 0.182 e. The highest BCUT2D eigenvalue weighted by atomic mass is 35.5. The van der Waals surface area contributed by atoms with E-state index < -0.39 is 11.6 Å². The summed E-state index contributed by atoms with van der Waals surface area (Å²) >= 11 is 0. The summed E-state index contributed by atoms with van der Waals surface area (Å²) in [6.45, 7) is 3.88. The first-order valence-electron chi connectivity index (χ1n) is 8.48. The lowest BCUT2D eigenvalue weighted by Gasteiger charge is -2.17. The summed E-state index contributed by atoms with van der Waals surface area (Å²) in [5, 5.41) is 10.8. The Hall–Kier alpha value is -1.08. The Labute approximate surface area is 176 Å². The van der Waals surface area contributed by atoms with Crippen molar-refractivity contribution < 1.29 is 8.78 Å². The molecule has 27 heavy (non-hydrogen) atoms. The van der Waals surface area contributed by atoms with Crippen LogP contribution in [0, 0.1) is 30.4 Å². The lowest BCUT2D eigenvalue weighted by molar-refractivity contribution is 0.494. The first-order valence-corrected chi connectivity index (χ1v) is 8.48. The van der Waals surface area contributed by atoms with E-state index in [2.05, 4.69) is 15.7 Å². The van der Waals surface area contributed by atoms with E-state index in [1.807, 2.05) is 0 Å². The fraction of sp³-hybridized carbons (Fsp3) is 0.500. The number of benzene rings is 1. The van der Waals surface area contributed by atoms with E-state index in [0.717, 1.165) is 25.9 Å². The zero-order chi connectivity index (χ0) is 16.8. The Bertz CT molecular complexity index is 772. The number of aryl methyl sites for hydroxylation is 2. The van der Waals surface area contributed by atoms with Crippen molar-refractivity contribution in [2.75, 3.05) is 18.4 Å². The van der Waals surface area contributed by atoms with Gasteiger partial charge < -0.3 is 10.6 Å². The Kier molecular flexibility index (Phi) is 8.35. The van der Waals surface area contributed by atoms with Gasteiger partial charge in [0.05, 0.1) is 11.4 Å². The van der Waals surface area contributed by atoms with Gasteiger partial charge in [-0.3, -0.25) is 4.68 Å². The second-order valence-electron chi connectivity index (χ2n) is 7.08. The van der Waals surface area contributed by atoms with Crippen LogP contribution >= 0.6 is 37.2 Å². The number of anilines is 1. The Morgan fingerprint density at radius 2 is 1.67 bits per heavy atom. The summed E-state index contributed by atoms with van der Waals surface area (Å²) in [5.74, 6) is -0.289. The molecule has 0 amide bonds. The maximum absolute atomic E-state index is 14.6. The van der Waals surface area contributed by atoms with Crippen molar-refractivity contribution in [3.63, 3.8) is 0 Å². The van der Waals surface area contributed by atoms with Crippen molar-refractivity contribution in [2.24, 2.45) is 18.9 Å². The molecule has 1 saturated heterocycles. The highest BCUT2D eigenvalue weighted by Gasteiger charge is 2.37. The molecule has 2 aliphatic rings. The minimum Gasteiger partial charge on any atom is -0.380 e. The van der Waals surface area contributed by atoms with Crippen molar-refractivity contribution in [3.05, 3.63) is 35.7 Å². The van der Waals surface area contributed by atoms with Gasteiger partial charge in [0.2, 0.25) is 0 Å². The topological polar surface area (TPSA) is 41.9 Å². The monoisotopic (exact) mass is 440 g/mol. The highest BCUT2D eigenvalue weighted by Crippen LogP contribution is 2.37. The second kappa shape index (κ2) is 9.41. The van der Waals surface area contributed by atoms with E-state index in [-0.39, 0.29) is 54.5 Å². The van der Waals surface area contributed by atoms with E-state index in [1.165, 1.54) is 0 Å². The number of nitrogens with one attached hydrogen (secondary N) is 2. The molecule has 2 heterocycles. The molecule has 1 aliphatic heterocycles. The smallest absolute Gasteiger partial charge is 0.182 e. The van der Waals surface area contributed by atoms with Crippen LogP contribution in [-0.2, 0) is 7.05 Å².